The van der Waals surface area contributed by atoms with Gasteiger partial charge in [-0.25, -0.2) is 4.39 Å². The molecule has 0 atom stereocenters. The second-order valence-corrected chi connectivity index (χ2v) is 4.83. The largest absolute Gasteiger partial charge is 0.497 e. The lowest BCUT2D eigenvalue weighted by atomic mass is 10.1. The van der Waals surface area contributed by atoms with Gasteiger partial charge in [-0.1, -0.05) is 24.3 Å². The van der Waals surface area contributed by atoms with Gasteiger partial charge in [-0.15, -0.1) is 0 Å². The number of halogens is 1. The molecule has 2 amide bonds. The zero-order valence-electron chi connectivity index (χ0n) is 12.6. The highest BCUT2D eigenvalue weighted by Gasteiger charge is 2.09. The third-order valence-corrected chi connectivity index (χ3v) is 3.11. The third kappa shape index (κ3) is 5.10. The summed E-state index contributed by atoms with van der Waals surface area (Å²) in [6.07, 6.45) is -0.112. The van der Waals surface area contributed by atoms with Gasteiger partial charge >= 0.3 is 0 Å². The molecule has 0 spiro atoms. The third-order valence-electron chi connectivity index (χ3n) is 3.11. The van der Waals surface area contributed by atoms with Crippen molar-refractivity contribution in [2.24, 2.45) is 0 Å². The van der Waals surface area contributed by atoms with Gasteiger partial charge < -0.3 is 15.4 Å². The fourth-order valence-corrected chi connectivity index (χ4v) is 1.96. The Bertz CT molecular complexity index is 704. The predicted octanol–water partition coefficient (Wildman–Crippen LogP) is 2.13. The number of anilines is 1. The molecular formula is C17H17FN2O3. The SMILES string of the molecule is COc1cccc(NC(=O)CNC(=O)Cc2ccccc2F)c1. The van der Waals surface area contributed by atoms with Crippen molar-refractivity contribution >= 4 is 17.5 Å². The Morgan fingerprint density at radius 3 is 2.61 bits per heavy atom. The van der Waals surface area contributed by atoms with Gasteiger partial charge in [0, 0.05) is 11.8 Å². The zero-order chi connectivity index (χ0) is 16.7. The van der Waals surface area contributed by atoms with Crippen molar-refractivity contribution < 1.29 is 18.7 Å². The molecule has 0 unspecified atom stereocenters. The van der Waals surface area contributed by atoms with Crippen LogP contribution in [-0.2, 0) is 16.0 Å². The highest BCUT2D eigenvalue weighted by molar-refractivity contribution is 5.94. The fourth-order valence-electron chi connectivity index (χ4n) is 1.96. The standard InChI is InChI=1S/C17H17FN2O3/c1-23-14-7-4-6-13(10-14)20-17(22)11-19-16(21)9-12-5-2-3-8-15(12)18/h2-8,10H,9,11H2,1H3,(H,19,21)(H,20,22). The number of hydrogen-bond donors (Lipinski definition) is 2. The van der Waals surface area contributed by atoms with Crippen LogP contribution in [0, 0.1) is 5.82 Å². The first-order valence-electron chi connectivity index (χ1n) is 7.02. The van der Waals surface area contributed by atoms with E-state index in [1.165, 1.54) is 19.2 Å². The summed E-state index contributed by atoms with van der Waals surface area (Å²) < 4.78 is 18.5. The summed E-state index contributed by atoms with van der Waals surface area (Å²) in [5.74, 6) is -0.620. The van der Waals surface area contributed by atoms with Crippen molar-refractivity contribution in [1.82, 2.24) is 5.32 Å². The second kappa shape index (κ2) is 7.93. The maximum absolute atomic E-state index is 13.4. The van der Waals surface area contributed by atoms with Crippen LogP contribution in [0.15, 0.2) is 48.5 Å². The van der Waals surface area contributed by atoms with E-state index in [2.05, 4.69) is 10.6 Å². The molecule has 0 saturated carbocycles. The van der Waals surface area contributed by atoms with E-state index in [-0.39, 0.29) is 18.9 Å². The minimum absolute atomic E-state index is 0.112. The van der Waals surface area contributed by atoms with Gasteiger partial charge in [0.25, 0.3) is 0 Å². The average Bonchev–Trinajstić information content (AvgIpc) is 2.55. The lowest BCUT2D eigenvalue weighted by molar-refractivity contribution is -0.123. The topological polar surface area (TPSA) is 67.4 Å². The van der Waals surface area contributed by atoms with E-state index in [9.17, 15) is 14.0 Å². The van der Waals surface area contributed by atoms with Crippen LogP contribution in [-0.4, -0.2) is 25.5 Å². The number of nitrogens with one attached hydrogen (secondary N) is 2. The van der Waals surface area contributed by atoms with Gasteiger partial charge in [0.1, 0.15) is 11.6 Å². The van der Waals surface area contributed by atoms with Gasteiger partial charge in [-0.2, -0.15) is 0 Å². The maximum atomic E-state index is 13.4. The van der Waals surface area contributed by atoms with Crippen molar-refractivity contribution in [2.45, 2.75) is 6.42 Å². The fraction of sp³-hybridized carbons (Fsp3) is 0.176. The number of benzene rings is 2. The lowest BCUT2D eigenvalue weighted by Crippen LogP contribution is -2.33. The Hall–Kier alpha value is -2.89. The normalized spacial score (nSPS) is 10.0. The van der Waals surface area contributed by atoms with Crippen molar-refractivity contribution in [2.75, 3.05) is 19.0 Å². The smallest absolute Gasteiger partial charge is 0.243 e. The first-order valence-corrected chi connectivity index (χ1v) is 7.02. The van der Waals surface area contributed by atoms with Crippen LogP contribution in [0.25, 0.3) is 0 Å². The van der Waals surface area contributed by atoms with Gasteiger partial charge in [-0.3, -0.25) is 9.59 Å². The van der Waals surface area contributed by atoms with E-state index in [1.807, 2.05) is 0 Å². The van der Waals surface area contributed by atoms with Crippen LogP contribution in [0.5, 0.6) is 5.75 Å². The number of amides is 2. The Morgan fingerprint density at radius 1 is 1.09 bits per heavy atom. The van der Waals surface area contributed by atoms with Crippen molar-refractivity contribution in [3.05, 3.63) is 59.9 Å². The van der Waals surface area contributed by atoms with Crippen LogP contribution >= 0.6 is 0 Å². The number of methoxy groups -OCH3 is 1. The quantitative estimate of drug-likeness (QED) is 0.858. The van der Waals surface area contributed by atoms with Crippen molar-refractivity contribution in [1.29, 1.82) is 0 Å². The number of hydrogen-bond acceptors (Lipinski definition) is 3. The summed E-state index contributed by atoms with van der Waals surface area (Å²) in [4.78, 5) is 23.5. The molecule has 2 N–H and O–H groups in total. The van der Waals surface area contributed by atoms with Crippen LogP contribution in [0.4, 0.5) is 10.1 Å². The summed E-state index contributed by atoms with van der Waals surface area (Å²) in [5.41, 5.74) is 0.857. The molecule has 2 rings (SSSR count). The van der Waals surface area contributed by atoms with Crippen LogP contribution in [0.1, 0.15) is 5.56 Å². The van der Waals surface area contributed by atoms with E-state index in [1.54, 1.807) is 36.4 Å². The summed E-state index contributed by atoms with van der Waals surface area (Å²) in [6.45, 7) is -0.190. The van der Waals surface area contributed by atoms with Gasteiger partial charge in [0.15, 0.2) is 0 Å². The average molecular weight is 316 g/mol. The molecule has 120 valence electrons. The number of carbonyl (C=O) groups is 2. The minimum atomic E-state index is -0.441. The molecule has 6 heteroatoms. The summed E-state index contributed by atoms with van der Waals surface area (Å²) in [7, 11) is 1.53. The molecule has 0 aliphatic heterocycles. The molecular weight excluding hydrogens is 299 g/mol. The van der Waals surface area contributed by atoms with Crippen molar-refractivity contribution in [3.8, 4) is 5.75 Å². The molecule has 0 radical (unpaired) electrons. The van der Waals surface area contributed by atoms with Crippen LogP contribution in [0.3, 0.4) is 0 Å². The van der Waals surface area contributed by atoms with Gasteiger partial charge in [0.2, 0.25) is 11.8 Å². The summed E-state index contributed by atoms with van der Waals surface area (Å²) in [5, 5.41) is 5.10. The number of ether oxygens (including phenoxy) is 1. The zero-order valence-corrected chi connectivity index (χ0v) is 12.6. The van der Waals surface area contributed by atoms with Gasteiger partial charge in [-0.05, 0) is 23.8 Å². The molecule has 2 aromatic rings. The van der Waals surface area contributed by atoms with Crippen LogP contribution in [0.2, 0.25) is 0 Å². The van der Waals surface area contributed by atoms with E-state index < -0.39 is 11.7 Å². The number of carbonyl (C=O) groups excluding carboxylic acids is 2. The highest BCUT2D eigenvalue weighted by Crippen LogP contribution is 2.16. The van der Waals surface area contributed by atoms with Gasteiger partial charge in [0.05, 0.1) is 20.1 Å². The molecule has 5 nitrogen and oxygen atoms in total. The molecule has 0 heterocycles. The first kappa shape index (κ1) is 16.5. The van der Waals surface area contributed by atoms with Crippen LogP contribution < -0.4 is 15.4 Å². The molecule has 2 aromatic carbocycles. The summed E-state index contributed by atoms with van der Waals surface area (Å²) in [6, 6.07) is 12.9. The Labute approximate surface area is 133 Å². The molecule has 0 saturated heterocycles. The lowest BCUT2D eigenvalue weighted by Gasteiger charge is -2.08. The molecule has 0 bridgehead atoms. The van der Waals surface area contributed by atoms with E-state index in [0.717, 1.165) is 0 Å². The van der Waals surface area contributed by atoms with Crippen molar-refractivity contribution in [3.63, 3.8) is 0 Å². The van der Waals surface area contributed by atoms with E-state index in [4.69, 9.17) is 4.74 Å². The van der Waals surface area contributed by atoms with E-state index >= 15 is 0 Å². The monoisotopic (exact) mass is 316 g/mol. The Balaban J connectivity index is 1.82. The second-order valence-electron chi connectivity index (χ2n) is 4.83. The molecule has 23 heavy (non-hydrogen) atoms. The highest BCUT2D eigenvalue weighted by atomic mass is 19.1. The molecule has 0 aromatic heterocycles. The number of rotatable bonds is 6. The maximum Gasteiger partial charge on any atom is 0.243 e. The Morgan fingerprint density at radius 2 is 1.87 bits per heavy atom. The van der Waals surface area contributed by atoms with E-state index in [0.29, 0.717) is 17.0 Å². The predicted molar refractivity (Wildman–Crippen MR) is 84.7 cm³/mol. The first-order chi connectivity index (χ1) is 11.1. The minimum Gasteiger partial charge on any atom is -0.497 e. The molecule has 0 fully saturated rings. The Kier molecular flexibility index (Phi) is 5.68. The molecule has 0 aliphatic carbocycles. The molecule has 0 aliphatic rings. The summed E-state index contributed by atoms with van der Waals surface area (Å²) >= 11 is 0.